The van der Waals surface area contributed by atoms with Crippen LogP contribution in [0.5, 0.6) is 0 Å². The molecule has 0 bridgehead atoms. The molecule has 166 valence electrons. The fraction of sp³-hybridized carbons (Fsp3) is 0.375. The molecule has 7 heteroatoms. The SMILES string of the molecule is CCN(CC)C(=O)c1cccc(NCC(=O)Nc2ccc(C(=O)NC(C)(C)C)cc2)c1. The molecule has 0 saturated carbocycles. The van der Waals surface area contributed by atoms with Crippen LogP contribution in [0.15, 0.2) is 48.5 Å². The van der Waals surface area contributed by atoms with Gasteiger partial charge in [0, 0.05) is 41.1 Å². The molecule has 0 atom stereocenters. The number of carbonyl (C=O) groups excluding carboxylic acids is 3. The average molecular weight is 425 g/mol. The average Bonchev–Trinajstić information content (AvgIpc) is 2.72. The van der Waals surface area contributed by atoms with Gasteiger partial charge in [0.05, 0.1) is 6.54 Å². The van der Waals surface area contributed by atoms with Gasteiger partial charge in [-0.2, -0.15) is 0 Å². The van der Waals surface area contributed by atoms with Crippen molar-refractivity contribution in [2.75, 3.05) is 30.3 Å². The van der Waals surface area contributed by atoms with E-state index in [1.54, 1.807) is 47.4 Å². The van der Waals surface area contributed by atoms with Crippen LogP contribution in [0.3, 0.4) is 0 Å². The van der Waals surface area contributed by atoms with Gasteiger partial charge in [0.1, 0.15) is 0 Å². The number of nitrogens with zero attached hydrogens (tertiary/aromatic N) is 1. The summed E-state index contributed by atoms with van der Waals surface area (Å²) in [6.45, 7) is 11.0. The quantitative estimate of drug-likeness (QED) is 0.602. The maximum atomic E-state index is 12.5. The molecule has 0 spiro atoms. The Morgan fingerprint density at radius 1 is 0.871 bits per heavy atom. The molecular weight excluding hydrogens is 392 g/mol. The summed E-state index contributed by atoms with van der Waals surface area (Å²) in [5, 5.41) is 8.73. The van der Waals surface area contributed by atoms with Gasteiger partial charge in [-0.1, -0.05) is 6.07 Å². The van der Waals surface area contributed by atoms with Crippen LogP contribution in [0.1, 0.15) is 55.3 Å². The van der Waals surface area contributed by atoms with Gasteiger partial charge in [-0.05, 0) is 77.1 Å². The zero-order chi connectivity index (χ0) is 23.0. The fourth-order valence-electron chi connectivity index (χ4n) is 2.96. The molecule has 0 saturated heterocycles. The molecule has 7 nitrogen and oxygen atoms in total. The van der Waals surface area contributed by atoms with Gasteiger partial charge in [0.15, 0.2) is 0 Å². The molecule has 3 amide bonds. The van der Waals surface area contributed by atoms with Gasteiger partial charge in [0.2, 0.25) is 5.91 Å². The van der Waals surface area contributed by atoms with Crippen molar-refractivity contribution >= 4 is 29.1 Å². The Balaban J connectivity index is 1.92. The van der Waals surface area contributed by atoms with Gasteiger partial charge in [0.25, 0.3) is 11.8 Å². The van der Waals surface area contributed by atoms with Crippen molar-refractivity contribution < 1.29 is 14.4 Å². The molecule has 0 aliphatic heterocycles. The van der Waals surface area contributed by atoms with Gasteiger partial charge >= 0.3 is 0 Å². The van der Waals surface area contributed by atoms with E-state index in [1.165, 1.54) is 0 Å². The Bertz CT molecular complexity index is 913. The highest BCUT2D eigenvalue weighted by Gasteiger charge is 2.15. The first-order valence-corrected chi connectivity index (χ1v) is 10.5. The summed E-state index contributed by atoms with van der Waals surface area (Å²) >= 11 is 0. The lowest BCUT2D eigenvalue weighted by Gasteiger charge is -2.20. The number of hydrogen-bond donors (Lipinski definition) is 3. The van der Waals surface area contributed by atoms with Crippen LogP contribution >= 0.6 is 0 Å². The van der Waals surface area contributed by atoms with Crippen molar-refractivity contribution in [1.29, 1.82) is 0 Å². The lowest BCUT2D eigenvalue weighted by molar-refractivity contribution is -0.114. The summed E-state index contributed by atoms with van der Waals surface area (Å²) in [4.78, 5) is 38.7. The third-order valence-corrected chi connectivity index (χ3v) is 4.53. The number of carbonyl (C=O) groups is 3. The monoisotopic (exact) mass is 424 g/mol. The second-order valence-electron chi connectivity index (χ2n) is 8.24. The molecule has 2 aromatic carbocycles. The first-order chi connectivity index (χ1) is 14.6. The summed E-state index contributed by atoms with van der Waals surface area (Å²) in [7, 11) is 0. The number of hydrogen-bond acceptors (Lipinski definition) is 4. The van der Waals surface area contributed by atoms with Crippen LogP contribution in [-0.2, 0) is 4.79 Å². The number of anilines is 2. The first kappa shape index (κ1) is 23.9. The van der Waals surface area contributed by atoms with Crippen molar-refractivity contribution in [3.8, 4) is 0 Å². The Morgan fingerprint density at radius 2 is 1.52 bits per heavy atom. The molecule has 2 aromatic rings. The number of benzene rings is 2. The Hall–Kier alpha value is -3.35. The maximum Gasteiger partial charge on any atom is 0.253 e. The second-order valence-corrected chi connectivity index (χ2v) is 8.24. The van der Waals surface area contributed by atoms with E-state index >= 15 is 0 Å². The van der Waals surface area contributed by atoms with Gasteiger partial charge in [-0.25, -0.2) is 0 Å². The third kappa shape index (κ3) is 7.44. The van der Waals surface area contributed by atoms with Crippen LogP contribution in [-0.4, -0.2) is 47.8 Å². The van der Waals surface area contributed by atoms with Crippen LogP contribution in [0.4, 0.5) is 11.4 Å². The molecular formula is C24H32N4O3. The molecule has 0 radical (unpaired) electrons. The number of nitrogens with one attached hydrogen (secondary N) is 3. The number of rotatable bonds is 8. The highest BCUT2D eigenvalue weighted by molar-refractivity contribution is 5.97. The maximum absolute atomic E-state index is 12.5. The van der Waals surface area contributed by atoms with Crippen molar-refractivity contribution in [3.63, 3.8) is 0 Å². The highest BCUT2D eigenvalue weighted by Crippen LogP contribution is 2.14. The smallest absolute Gasteiger partial charge is 0.253 e. The summed E-state index contributed by atoms with van der Waals surface area (Å²) in [6, 6.07) is 13.9. The van der Waals surface area contributed by atoms with E-state index in [2.05, 4.69) is 16.0 Å². The minimum Gasteiger partial charge on any atom is -0.376 e. The first-order valence-electron chi connectivity index (χ1n) is 10.5. The lowest BCUT2D eigenvalue weighted by atomic mass is 10.1. The molecule has 0 aliphatic rings. The molecule has 0 heterocycles. The topological polar surface area (TPSA) is 90.5 Å². The second kappa shape index (κ2) is 10.6. The van der Waals surface area contributed by atoms with Gasteiger partial charge in [-0.3, -0.25) is 14.4 Å². The largest absolute Gasteiger partial charge is 0.376 e. The van der Waals surface area contributed by atoms with E-state index < -0.39 is 0 Å². The van der Waals surface area contributed by atoms with Crippen LogP contribution < -0.4 is 16.0 Å². The fourth-order valence-corrected chi connectivity index (χ4v) is 2.96. The van der Waals surface area contributed by atoms with Crippen LogP contribution in [0, 0.1) is 0 Å². The molecule has 2 rings (SSSR count). The van der Waals surface area contributed by atoms with E-state index in [0.29, 0.717) is 35.6 Å². The zero-order valence-electron chi connectivity index (χ0n) is 18.9. The van der Waals surface area contributed by atoms with E-state index in [0.717, 1.165) is 0 Å². The van der Waals surface area contributed by atoms with Gasteiger partial charge in [-0.15, -0.1) is 0 Å². The molecule has 0 unspecified atom stereocenters. The van der Waals surface area contributed by atoms with Crippen molar-refractivity contribution in [1.82, 2.24) is 10.2 Å². The predicted octanol–water partition coefficient (Wildman–Crippen LogP) is 3.75. The van der Waals surface area contributed by atoms with E-state index in [4.69, 9.17) is 0 Å². The molecule has 0 aliphatic carbocycles. The van der Waals surface area contributed by atoms with Crippen molar-refractivity contribution in [2.45, 2.75) is 40.2 Å². The summed E-state index contributed by atoms with van der Waals surface area (Å²) in [6.07, 6.45) is 0. The highest BCUT2D eigenvalue weighted by atomic mass is 16.2. The Labute approximate surface area is 184 Å². The van der Waals surface area contributed by atoms with E-state index in [-0.39, 0.29) is 29.8 Å². The zero-order valence-corrected chi connectivity index (χ0v) is 18.9. The molecule has 31 heavy (non-hydrogen) atoms. The minimum absolute atomic E-state index is 0.0336. The molecule has 3 N–H and O–H groups in total. The van der Waals surface area contributed by atoms with E-state index in [1.807, 2.05) is 40.7 Å². The summed E-state index contributed by atoms with van der Waals surface area (Å²) in [5.74, 6) is -0.424. The normalized spacial score (nSPS) is 10.9. The van der Waals surface area contributed by atoms with Crippen LogP contribution in [0.25, 0.3) is 0 Å². The van der Waals surface area contributed by atoms with Crippen LogP contribution in [0.2, 0.25) is 0 Å². The van der Waals surface area contributed by atoms with Crippen molar-refractivity contribution in [3.05, 3.63) is 59.7 Å². The summed E-state index contributed by atoms with van der Waals surface area (Å²) < 4.78 is 0. The predicted molar refractivity (Wildman–Crippen MR) is 124 cm³/mol. The summed E-state index contributed by atoms with van der Waals surface area (Å²) in [5.41, 5.74) is 2.09. The van der Waals surface area contributed by atoms with Gasteiger partial charge < -0.3 is 20.9 Å². The lowest BCUT2D eigenvalue weighted by Crippen LogP contribution is -2.40. The minimum atomic E-state index is -0.317. The molecule has 0 fully saturated rings. The Kier molecular flexibility index (Phi) is 8.19. The van der Waals surface area contributed by atoms with Crippen molar-refractivity contribution in [2.24, 2.45) is 0 Å². The Morgan fingerprint density at radius 3 is 2.10 bits per heavy atom. The third-order valence-electron chi connectivity index (χ3n) is 4.53. The molecule has 0 aromatic heterocycles. The van der Waals surface area contributed by atoms with E-state index in [9.17, 15) is 14.4 Å². The standard InChI is InChI=1S/C24H32N4O3/c1-6-28(7-2)23(31)18-9-8-10-20(15-18)25-16-21(29)26-19-13-11-17(12-14-19)22(30)27-24(3,4)5/h8-15,25H,6-7,16H2,1-5H3,(H,26,29)(H,27,30). The number of amides is 3.